The molecular weight excluding hydrogens is 693 g/mol. The van der Waals surface area contributed by atoms with Gasteiger partial charge in [-0.2, -0.15) is 0 Å². The van der Waals surface area contributed by atoms with Gasteiger partial charge in [-0.3, -0.25) is 15.0 Å². The first-order valence-corrected chi connectivity index (χ1v) is 20.2. The van der Waals surface area contributed by atoms with E-state index in [2.05, 4.69) is 164 Å². The van der Waals surface area contributed by atoms with Crippen molar-refractivity contribution in [1.29, 1.82) is 0 Å². The Labute approximate surface area is 334 Å². The van der Waals surface area contributed by atoms with E-state index in [1.54, 1.807) is 0 Å². The number of para-hydroxylation sites is 1. The first-order chi connectivity index (χ1) is 28.3. The summed E-state index contributed by atoms with van der Waals surface area (Å²) in [6.07, 6.45) is 17.6. The van der Waals surface area contributed by atoms with Crippen molar-refractivity contribution in [2.45, 2.75) is 38.0 Å². The summed E-state index contributed by atoms with van der Waals surface area (Å²) in [6.45, 7) is -0.00344. The van der Waals surface area contributed by atoms with Crippen LogP contribution in [0.1, 0.15) is 43.6 Å². The highest BCUT2D eigenvalue weighted by molar-refractivity contribution is 7.00. The fraction of sp³-hybridized carbons (Fsp3) is 0.118. The maximum Gasteiger partial charge on any atom is 0.252 e. The first-order valence-electron chi connectivity index (χ1n) is 20.2. The Morgan fingerprint density at radius 3 is 1.35 bits per heavy atom. The van der Waals surface area contributed by atoms with Gasteiger partial charge in [0.15, 0.2) is 0 Å². The highest BCUT2D eigenvalue weighted by Crippen LogP contribution is 2.47. The minimum atomic E-state index is -0.00344. The molecule has 3 aromatic heterocycles. The summed E-state index contributed by atoms with van der Waals surface area (Å²) in [6, 6.07) is 51.9. The van der Waals surface area contributed by atoms with Crippen molar-refractivity contribution in [3.8, 4) is 33.4 Å². The SMILES string of the molecule is c1ccc(N2c3ccc(-c4ccncc4)cc3B3c4cc(-c5ccncc5)ccc4N(c4ccc(-c5ccncc5)cc4)c4cc(C5CCCCC5)cc2c43)cc1. The van der Waals surface area contributed by atoms with E-state index in [9.17, 15) is 0 Å². The Morgan fingerprint density at radius 2 is 0.842 bits per heavy atom. The third kappa shape index (κ3) is 5.83. The van der Waals surface area contributed by atoms with Crippen LogP contribution >= 0.6 is 0 Å². The fourth-order valence-electron chi connectivity index (χ4n) is 9.63. The predicted octanol–water partition coefficient (Wildman–Crippen LogP) is 11.0. The van der Waals surface area contributed by atoms with E-state index in [0.717, 1.165) is 22.4 Å². The lowest BCUT2D eigenvalue weighted by Crippen LogP contribution is -2.61. The van der Waals surface area contributed by atoms with Crippen molar-refractivity contribution in [1.82, 2.24) is 15.0 Å². The Morgan fingerprint density at radius 1 is 0.404 bits per heavy atom. The third-order valence-corrected chi connectivity index (χ3v) is 12.3. The quantitative estimate of drug-likeness (QED) is 0.159. The van der Waals surface area contributed by atoms with Crippen LogP contribution in [-0.2, 0) is 0 Å². The van der Waals surface area contributed by atoms with E-state index in [4.69, 9.17) is 0 Å². The lowest BCUT2D eigenvalue weighted by atomic mass is 9.33. The lowest BCUT2D eigenvalue weighted by Gasteiger charge is -2.45. The molecule has 272 valence electrons. The molecule has 0 spiro atoms. The van der Waals surface area contributed by atoms with Crippen LogP contribution in [-0.4, -0.2) is 21.7 Å². The molecule has 0 amide bonds. The number of benzene rings is 5. The van der Waals surface area contributed by atoms with Crippen molar-refractivity contribution >= 4 is 57.2 Å². The molecule has 5 nitrogen and oxygen atoms in total. The van der Waals surface area contributed by atoms with Gasteiger partial charge in [0.2, 0.25) is 0 Å². The van der Waals surface area contributed by atoms with E-state index < -0.39 is 0 Å². The van der Waals surface area contributed by atoms with Gasteiger partial charge in [-0.25, -0.2) is 0 Å². The number of rotatable bonds is 6. The smallest absolute Gasteiger partial charge is 0.252 e. The van der Waals surface area contributed by atoms with Gasteiger partial charge >= 0.3 is 0 Å². The summed E-state index contributed by atoms with van der Waals surface area (Å²) in [5, 5.41) is 0. The van der Waals surface area contributed by atoms with Crippen LogP contribution in [0.5, 0.6) is 0 Å². The van der Waals surface area contributed by atoms with Gasteiger partial charge in [0.05, 0.1) is 0 Å². The maximum atomic E-state index is 4.35. The number of anilines is 6. The van der Waals surface area contributed by atoms with Crippen LogP contribution in [0.25, 0.3) is 33.4 Å². The molecule has 8 aromatic rings. The molecule has 0 N–H and O–H groups in total. The maximum absolute atomic E-state index is 4.35. The number of fused-ring (bicyclic) bond motifs is 4. The molecular formula is C51H40BN5. The largest absolute Gasteiger partial charge is 0.311 e. The highest BCUT2D eigenvalue weighted by atomic mass is 15.2. The van der Waals surface area contributed by atoms with E-state index in [-0.39, 0.29) is 6.71 Å². The van der Waals surface area contributed by atoms with E-state index in [1.807, 2.05) is 37.2 Å². The number of nitrogens with zero attached hydrogens (tertiary/aromatic N) is 5. The van der Waals surface area contributed by atoms with Crippen LogP contribution in [0, 0.1) is 0 Å². The number of hydrogen-bond acceptors (Lipinski definition) is 5. The standard InChI is InChI=1S/C51H40BN5/c1-3-7-35(8-4-1)42-33-49-51-50(34-42)57(44-15-11-36(12-16-44)37-19-25-53-26-20-37)48-18-14-41(39-23-29-55-30-24-39)32-46(48)52(51)45-31-40(38-21-27-54-28-22-38)13-17-47(45)56(49)43-9-5-2-6-10-43/h2,5-6,9-35H,1,3-4,7-8H2. The molecule has 1 fully saturated rings. The molecule has 57 heavy (non-hydrogen) atoms. The molecule has 0 saturated heterocycles. The zero-order valence-electron chi connectivity index (χ0n) is 31.7. The van der Waals surface area contributed by atoms with E-state index in [1.165, 1.54) is 99.2 Å². The zero-order chi connectivity index (χ0) is 37.7. The Balaban J connectivity index is 1.21. The number of pyridine rings is 3. The molecule has 5 heterocycles. The summed E-state index contributed by atoms with van der Waals surface area (Å²) in [5.74, 6) is 0.526. The molecule has 0 radical (unpaired) electrons. The molecule has 0 atom stereocenters. The zero-order valence-corrected chi connectivity index (χ0v) is 31.7. The minimum absolute atomic E-state index is 0.00344. The van der Waals surface area contributed by atoms with Gasteiger partial charge in [0, 0.05) is 71.3 Å². The second kappa shape index (κ2) is 14.1. The van der Waals surface area contributed by atoms with Gasteiger partial charge in [-0.1, -0.05) is 73.9 Å². The van der Waals surface area contributed by atoms with E-state index >= 15 is 0 Å². The molecule has 0 unspecified atom stereocenters. The summed E-state index contributed by atoms with van der Waals surface area (Å²) >= 11 is 0. The van der Waals surface area contributed by atoms with E-state index in [0.29, 0.717) is 5.92 Å². The minimum Gasteiger partial charge on any atom is -0.311 e. The van der Waals surface area contributed by atoms with Crippen molar-refractivity contribution in [3.05, 3.63) is 182 Å². The Bertz CT molecular complexity index is 2720. The third-order valence-electron chi connectivity index (χ3n) is 12.3. The van der Waals surface area contributed by atoms with Crippen LogP contribution in [0.3, 0.4) is 0 Å². The van der Waals surface area contributed by atoms with Crippen LogP contribution in [0.15, 0.2) is 177 Å². The monoisotopic (exact) mass is 733 g/mol. The second-order valence-corrected chi connectivity index (χ2v) is 15.5. The van der Waals surface area contributed by atoms with Gasteiger partial charge in [-0.15, -0.1) is 0 Å². The summed E-state index contributed by atoms with van der Waals surface area (Å²) < 4.78 is 0. The normalized spacial score (nSPS) is 14.5. The number of aromatic nitrogens is 3. The average Bonchev–Trinajstić information content (AvgIpc) is 3.30. The van der Waals surface area contributed by atoms with Crippen LogP contribution in [0.2, 0.25) is 0 Å². The van der Waals surface area contributed by atoms with Crippen LogP contribution < -0.4 is 26.2 Å². The fourth-order valence-corrected chi connectivity index (χ4v) is 9.63. The summed E-state index contributed by atoms with van der Waals surface area (Å²) in [4.78, 5) is 18.0. The van der Waals surface area contributed by atoms with Gasteiger partial charge in [0.25, 0.3) is 6.71 Å². The molecule has 11 rings (SSSR count). The molecule has 6 heteroatoms. The van der Waals surface area contributed by atoms with Gasteiger partial charge < -0.3 is 9.80 Å². The number of hydrogen-bond donors (Lipinski definition) is 0. The van der Waals surface area contributed by atoms with Crippen molar-refractivity contribution < 1.29 is 0 Å². The molecule has 5 aromatic carbocycles. The predicted molar refractivity (Wildman–Crippen MR) is 236 cm³/mol. The lowest BCUT2D eigenvalue weighted by molar-refractivity contribution is 0.444. The molecule has 2 aliphatic heterocycles. The molecule has 1 aliphatic carbocycles. The molecule has 0 bridgehead atoms. The molecule has 1 saturated carbocycles. The van der Waals surface area contributed by atoms with Crippen molar-refractivity contribution in [2.24, 2.45) is 0 Å². The van der Waals surface area contributed by atoms with Gasteiger partial charge in [-0.05, 0) is 159 Å². The Kier molecular flexibility index (Phi) is 8.27. The topological polar surface area (TPSA) is 45.2 Å². The van der Waals surface area contributed by atoms with Crippen LogP contribution in [0.4, 0.5) is 34.1 Å². The Hall–Kier alpha value is -6.79. The van der Waals surface area contributed by atoms with Crippen molar-refractivity contribution in [3.63, 3.8) is 0 Å². The van der Waals surface area contributed by atoms with Gasteiger partial charge in [0.1, 0.15) is 0 Å². The average molecular weight is 734 g/mol. The first kappa shape index (κ1) is 33.5. The summed E-state index contributed by atoms with van der Waals surface area (Å²) in [7, 11) is 0. The van der Waals surface area contributed by atoms with Crippen molar-refractivity contribution in [2.75, 3.05) is 9.80 Å². The highest BCUT2D eigenvalue weighted by Gasteiger charge is 2.44. The summed E-state index contributed by atoms with van der Waals surface area (Å²) in [5.41, 5.74) is 19.7. The molecule has 3 aliphatic rings. The second-order valence-electron chi connectivity index (χ2n) is 15.5.